The van der Waals surface area contributed by atoms with E-state index in [1.807, 2.05) is 30.3 Å². The largest absolute Gasteiger partial charge is 0.320 e. The molecule has 0 spiro atoms. The lowest BCUT2D eigenvalue weighted by Crippen LogP contribution is -2.37. The lowest BCUT2D eigenvalue weighted by Gasteiger charge is -2.10. The quantitative estimate of drug-likeness (QED) is 0.907. The fourth-order valence-electron chi connectivity index (χ4n) is 1.47. The molecule has 0 aliphatic heterocycles. The molecule has 0 saturated carbocycles. The number of aromatic nitrogens is 1. The van der Waals surface area contributed by atoms with E-state index in [2.05, 4.69) is 26.2 Å². The van der Waals surface area contributed by atoms with Gasteiger partial charge in [0.1, 0.15) is 0 Å². The molecule has 6 heteroatoms. The molecule has 0 aliphatic rings. The van der Waals surface area contributed by atoms with Gasteiger partial charge in [-0.3, -0.25) is 4.79 Å². The second kappa shape index (κ2) is 6.08. The summed E-state index contributed by atoms with van der Waals surface area (Å²) in [6, 6.07) is 9.12. The number of rotatable bonds is 4. The number of carbonyl (C=O) groups excluding carboxylic acids is 1. The van der Waals surface area contributed by atoms with Crippen LogP contribution in [0.2, 0.25) is 0 Å². The van der Waals surface area contributed by atoms with Crippen LogP contribution >= 0.6 is 27.3 Å². The first-order valence-corrected chi connectivity index (χ1v) is 6.98. The van der Waals surface area contributed by atoms with Crippen molar-refractivity contribution in [1.82, 2.24) is 4.98 Å². The van der Waals surface area contributed by atoms with Gasteiger partial charge in [0.2, 0.25) is 5.91 Å². The molecule has 0 saturated heterocycles. The Labute approximate surface area is 117 Å². The van der Waals surface area contributed by atoms with E-state index in [9.17, 15) is 4.79 Å². The topological polar surface area (TPSA) is 68.0 Å². The van der Waals surface area contributed by atoms with Crippen LogP contribution in [-0.2, 0) is 11.2 Å². The van der Waals surface area contributed by atoms with E-state index in [1.54, 1.807) is 6.20 Å². The van der Waals surface area contributed by atoms with E-state index in [4.69, 9.17) is 5.73 Å². The summed E-state index contributed by atoms with van der Waals surface area (Å²) in [6.07, 6.45) is 2.15. The van der Waals surface area contributed by atoms with Crippen LogP contribution in [0.5, 0.6) is 0 Å². The number of hydrogen-bond acceptors (Lipinski definition) is 4. The normalized spacial score (nSPS) is 12.1. The Morgan fingerprint density at radius 2 is 2.17 bits per heavy atom. The third kappa shape index (κ3) is 3.63. The Balaban J connectivity index is 1.93. The minimum Gasteiger partial charge on any atom is -0.320 e. The van der Waals surface area contributed by atoms with Gasteiger partial charge in [0.15, 0.2) is 5.13 Å². The maximum atomic E-state index is 11.8. The molecule has 2 aromatic rings. The molecule has 1 aromatic carbocycles. The average Bonchev–Trinajstić information content (AvgIpc) is 2.76. The number of nitrogens with zero attached hydrogens (tertiary/aromatic N) is 1. The molecule has 0 radical (unpaired) electrons. The number of hydrogen-bond donors (Lipinski definition) is 2. The van der Waals surface area contributed by atoms with Gasteiger partial charge >= 0.3 is 0 Å². The highest BCUT2D eigenvalue weighted by atomic mass is 79.9. The zero-order valence-electron chi connectivity index (χ0n) is 9.47. The van der Waals surface area contributed by atoms with Gasteiger partial charge in [-0.05, 0) is 27.9 Å². The third-order valence-corrected chi connectivity index (χ3v) is 3.73. The molecule has 0 fully saturated rings. The summed E-state index contributed by atoms with van der Waals surface area (Å²) < 4.78 is 0.870. The summed E-state index contributed by atoms with van der Waals surface area (Å²) in [6.45, 7) is 0. The van der Waals surface area contributed by atoms with Crippen molar-refractivity contribution in [1.29, 1.82) is 0 Å². The molecule has 2 rings (SSSR count). The molecule has 1 heterocycles. The van der Waals surface area contributed by atoms with E-state index in [1.165, 1.54) is 11.3 Å². The molecule has 3 N–H and O–H groups in total. The molecule has 0 bridgehead atoms. The lowest BCUT2D eigenvalue weighted by molar-refractivity contribution is -0.117. The number of anilines is 1. The van der Waals surface area contributed by atoms with E-state index in [0.29, 0.717) is 11.6 Å². The number of nitrogens with two attached hydrogens (primary N) is 1. The molecule has 4 nitrogen and oxygen atoms in total. The highest BCUT2D eigenvalue weighted by molar-refractivity contribution is 9.11. The number of thiazole rings is 1. The van der Waals surface area contributed by atoms with Gasteiger partial charge in [-0.25, -0.2) is 4.98 Å². The average molecular weight is 326 g/mol. The monoisotopic (exact) mass is 325 g/mol. The molecule has 94 valence electrons. The number of benzene rings is 1. The van der Waals surface area contributed by atoms with Gasteiger partial charge in [-0.1, -0.05) is 41.7 Å². The smallest absolute Gasteiger partial charge is 0.243 e. The van der Waals surface area contributed by atoms with E-state index >= 15 is 0 Å². The fraction of sp³-hybridized carbons (Fsp3) is 0.167. The van der Waals surface area contributed by atoms with E-state index < -0.39 is 6.04 Å². The van der Waals surface area contributed by atoms with Crippen molar-refractivity contribution in [2.24, 2.45) is 5.73 Å². The minimum absolute atomic E-state index is 0.222. The molecule has 0 unspecified atom stereocenters. The van der Waals surface area contributed by atoms with Crippen LogP contribution in [0.15, 0.2) is 40.3 Å². The molecule has 0 aliphatic carbocycles. The molecule has 18 heavy (non-hydrogen) atoms. The van der Waals surface area contributed by atoms with Gasteiger partial charge in [-0.15, -0.1) is 0 Å². The standard InChI is InChI=1S/C12H12BrN3OS/c13-10-7-15-12(18-10)16-11(17)9(14)6-8-4-2-1-3-5-8/h1-5,7,9H,6,14H2,(H,15,16,17)/t9-/m1/s1. The predicted octanol–water partition coefficient (Wildman–Crippen LogP) is 2.41. The van der Waals surface area contributed by atoms with Crippen LogP contribution in [0.4, 0.5) is 5.13 Å². The highest BCUT2D eigenvalue weighted by Gasteiger charge is 2.15. The van der Waals surface area contributed by atoms with Crippen LogP contribution in [-0.4, -0.2) is 16.9 Å². The highest BCUT2D eigenvalue weighted by Crippen LogP contribution is 2.23. The lowest BCUT2D eigenvalue weighted by atomic mass is 10.1. The first-order chi connectivity index (χ1) is 8.65. The van der Waals surface area contributed by atoms with Crippen molar-refractivity contribution in [3.05, 3.63) is 45.9 Å². The Kier molecular flexibility index (Phi) is 4.46. The summed E-state index contributed by atoms with van der Waals surface area (Å²) in [7, 11) is 0. The van der Waals surface area contributed by atoms with Crippen LogP contribution in [0.25, 0.3) is 0 Å². The Morgan fingerprint density at radius 3 is 2.78 bits per heavy atom. The second-order valence-corrected chi connectivity index (χ2v) is 6.16. The molecule has 1 aromatic heterocycles. The van der Waals surface area contributed by atoms with Crippen LogP contribution in [0.1, 0.15) is 5.56 Å². The summed E-state index contributed by atoms with van der Waals surface area (Å²) in [5, 5.41) is 3.25. The second-order valence-electron chi connectivity index (χ2n) is 3.75. The first-order valence-electron chi connectivity index (χ1n) is 5.37. The summed E-state index contributed by atoms with van der Waals surface area (Å²) >= 11 is 4.64. The number of amides is 1. The Morgan fingerprint density at radius 1 is 1.44 bits per heavy atom. The van der Waals surface area contributed by atoms with Crippen molar-refractivity contribution >= 4 is 38.3 Å². The van der Waals surface area contributed by atoms with Crippen molar-refractivity contribution < 1.29 is 4.79 Å². The predicted molar refractivity (Wildman–Crippen MR) is 76.6 cm³/mol. The molecular formula is C12H12BrN3OS. The summed E-state index contributed by atoms with van der Waals surface area (Å²) in [5.41, 5.74) is 6.90. The zero-order chi connectivity index (χ0) is 13.0. The van der Waals surface area contributed by atoms with Gasteiger partial charge in [0, 0.05) is 0 Å². The zero-order valence-corrected chi connectivity index (χ0v) is 11.9. The van der Waals surface area contributed by atoms with Crippen molar-refractivity contribution in [3.8, 4) is 0 Å². The Bertz CT molecular complexity index is 529. The maximum Gasteiger partial charge on any atom is 0.243 e. The fourth-order valence-corrected chi connectivity index (χ4v) is 2.58. The number of carbonyl (C=O) groups is 1. The van der Waals surface area contributed by atoms with Gasteiger partial charge in [-0.2, -0.15) is 0 Å². The maximum absolute atomic E-state index is 11.8. The third-order valence-electron chi connectivity index (χ3n) is 2.34. The number of nitrogens with one attached hydrogen (secondary N) is 1. The van der Waals surface area contributed by atoms with Crippen molar-refractivity contribution in [2.45, 2.75) is 12.5 Å². The summed E-state index contributed by atoms with van der Waals surface area (Å²) in [4.78, 5) is 15.9. The minimum atomic E-state index is -0.574. The SMILES string of the molecule is N[C@H](Cc1ccccc1)C(=O)Nc1ncc(Br)s1. The van der Waals surface area contributed by atoms with E-state index in [0.717, 1.165) is 9.35 Å². The van der Waals surface area contributed by atoms with Gasteiger partial charge in [0.05, 0.1) is 16.0 Å². The van der Waals surface area contributed by atoms with Crippen LogP contribution in [0.3, 0.4) is 0 Å². The van der Waals surface area contributed by atoms with E-state index in [-0.39, 0.29) is 5.91 Å². The van der Waals surface area contributed by atoms with Crippen LogP contribution in [0, 0.1) is 0 Å². The van der Waals surface area contributed by atoms with Gasteiger partial charge < -0.3 is 11.1 Å². The van der Waals surface area contributed by atoms with Crippen molar-refractivity contribution in [3.63, 3.8) is 0 Å². The van der Waals surface area contributed by atoms with Crippen molar-refractivity contribution in [2.75, 3.05) is 5.32 Å². The first kappa shape index (κ1) is 13.2. The number of halogens is 1. The summed E-state index contributed by atoms with van der Waals surface area (Å²) in [5.74, 6) is -0.222. The molecular weight excluding hydrogens is 314 g/mol. The Hall–Kier alpha value is -1.24. The molecule has 1 atom stereocenters. The van der Waals surface area contributed by atoms with Gasteiger partial charge in [0.25, 0.3) is 0 Å². The molecule has 1 amide bonds. The van der Waals surface area contributed by atoms with Crippen LogP contribution < -0.4 is 11.1 Å².